The maximum absolute atomic E-state index is 13.6. The van der Waals surface area contributed by atoms with Crippen LogP contribution in [0.5, 0.6) is 0 Å². The van der Waals surface area contributed by atoms with E-state index in [-0.39, 0.29) is 17.9 Å². The molecule has 0 fully saturated rings. The van der Waals surface area contributed by atoms with Crippen molar-refractivity contribution in [2.24, 2.45) is 0 Å². The Hall–Kier alpha value is -2.57. The maximum atomic E-state index is 13.6. The molecule has 20 heavy (non-hydrogen) atoms. The zero-order chi connectivity index (χ0) is 14.5. The van der Waals surface area contributed by atoms with Crippen LogP contribution in [-0.2, 0) is 16.1 Å². The Labute approximate surface area is 113 Å². The number of benzene rings is 1. The molecule has 5 nitrogen and oxygen atoms in total. The van der Waals surface area contributed by atoms with Gasteiger partial charge in [-0.1, -0.05) is 0 Å². The molecule has 1 aromatic heterocycles. The zero-order valence-corrected chi connectivity index (χ0v) is 10.6. The van der Waals surface area contributed by atoms with Crippen LogP contribution >= 0.6 is 0 Å². The first-order valence-corrected chi connectivity index (χ1v) is 5.71. The van der Waals surface area contributed by atoms with E-state index < -0.39 is 17.6 Å². The van der Waals surface area contributed by atoms with Crippen LogP contribution in [0.4, 0.5) is 8.78 Å². The smallest absolute Gasteiger partial charge is 0.307 e. The van der Waals surface area contributed by atoms with E-state index in [0.717, 1.165) is 12.1 Å². The van der Waals surface area contributed by atoms with Gasteiger partial charge in [-0.25, -0.2) is 18.4 Å². The molecule has 7 heteroatoms. The van der Waals surface area contributed by atoms with E-state index in [4.69, 9.17) is 4.74 Å². The highest BCUT2D eigenvalue weighted by molar-refractivity contribution is 5.68. The molecular formula is C13H11F2N3O2. The lowest BCUT2D eigenvalue weighted by Gasteiger charge is -2.07. The Bertz CT molecular complexity index is 639. The quantitative estimate of drug-likeness (QED) is 0.635. The van der Waals surface area contributed by atoms with Crippen LogP contribution in [0.2, 0.25) is 0 Å². The number of ether oxygens (including phenoxy) is 1. The van der Waals surface area contributed by atoms with E-state index in [1.165, 1.54) is 36.4 Å². The van der Waals surface area contributed by atoms with E-state index in [9.17, 15) is 13.6 Å². The van der Waals surface area contributed by atoms with Crippen molar-refractivity contribution in [3.63, 3.8) is 0 Å². The molecule has 0 saturated carbocycles. The first-order valence-electron chi connectivity index (χ1n) is 5.71. The normalized spacial score (nSPS) is 11.4. The molecule has 0 amide bonds. The van der Waals surface area contributed by atoms with Gasteiger partial charge in [0.15, 0.2) is 0 Å². The summed E-state index contributed by atoms with van der Waals surface area (Å²) in [5.74, 6) is -1.79. The van der Waals surface area contributed by atoms with E-state index >= 15 is 0 Å². The van der Waals surface area contributed by atoms with Crippen LogP contribution in [0.3, 0.4) is 0 Å². The second-order valence-electron chi connectivity index (χ2n) is 3.96. The third kappa shape index (κ3) is 3.71. The number of carbonyl (C=O) groups excluding carboxylic acids is 1. The third-order valence-corrected chi connectivity index (χ3v) is 2.34. The molecule has 0 aliphatic heterocycles. The van der Waals surface area contributed by atoms with Crippen molar-refractivity contribution in [2.75, 3.05) is 0 Å². The van der Waals surface area contributed by atoms with Crippen molar-refractivity contribution in [1.82, 2.24) is 14.8 Å². The van der Waals surface area contributed by atoms with Gasteiger partial charge in [0.25, 0.3) is 0 Å². The van der Waals surface area contributed by atoms with E-state index in [2.05, 4.69) is 10.1 Å². The molecule has 0 aliphatic rings. The fourth-order valence-electron chi connectivity index (χ4n) is 1.56. The van der Waals surface area contributed by atoms with E-state index in [1.54, 1.807) is 0 Å². The zero-order valence-electron chi connectivity index (χ0n) is 10.6. The van der Waals surface area contributed by atoms with Crippen molar-refractivity contribution >= 4 is 12.0 Å². The highest BCUT2D eigenvalue weighted by atomic mass is 19.1. The van der Waals surface area contributed by atoms with Crippen molar-refractivity contribution < 1.29 is 18.3 Å². The Morgan fingerprint density at radius 1 is 1.45 bits per heavy atom. The van der Waals surface area contributed by atoms with Gasteiger partial charge in [-0.2, -0.15) is 5.10 Å². The van der Waals surface area contributed by atoms with Gasteiger partial charge in [-0.05, 0) is 18.2 Å². The number of rotatable bonds is 4. The van der Waals surface area contributed by atoms with Crippen LogP contribution in [-0.4, -0.2) is 20.7 Å². The molecule has 1 aromatic carbocycles. The summed E-state index contributed by atoms with van der Waals surface area (Å²) >= 11 is 0. The number of hydrogen-bond acceptors (Lipinski definition) is 4. The first-order chi connectivity index (χ1) is 9.54. The lowest BCUT2D eigenvalue weighted by Crippen LogP contribution is -2.08. The molecule has 0 spiro atoms. The molecule has 0 N–H and O–H groups in total. The highest BCUT2D eigenvalue weighted by Crippen LogP contribution is 2.15. The highest BCUT2D eigenvalue weighted by Gasteiger charge is 2.08. The van der Waals surface area contributed by atoms with E-state index in [0.29, 0.717) is 0 Å². The third-order valence-electron chi connectivity index (χ3n) is 2.34. The monoisotopic (exact) mass is 279 g/mol. The van der Waals surface area contributed by atoms with Crippen LogP contribution in [0.1, 0.15) is 12.5 Å². The predicted octanol–water partition coefficient (Wildman–Crippen LogP) is 2.16. The summed E-state index contributed by atoms with van der Waals surface area (Å²) in [6, 6.07) is 3.14. The molecule has 0 unspecified atom stereocenters. The van der Waals surface area contributed by atoms with Crippen LogP contribution in [0.15, 0.2) is 36.6 Å². The predicted molar refractivity (Wildman–Crippen MR) is 66.1 cm³/mol. The summed E-state index contributed by atoms with van der Waals surface area (Å²) in [5.41, 5.74) is 0.114. The molecule has 1 heterocycles. The fraction of sp³-hybridized carbons (Fsp3) is 0.154. The number of carbonyl (C=O) groups is 1. The Balaban J connectivity index is 2.29. The number of hydrogen-bond donors (Lipinski definition) is 0. The summed E-state index contributed by atoms with van der Waals surface area (Å²) in [6.07, 6.45) is 4.07. The number of halogens is 2. The fourth-order valence-corrected chi connectivity index (χ4v) is 1.56. The van der Waals surface area contributed by atoms with Crippen molar-refractivity contribution in [1.29, 1.82) is 0 Å². The van der Waals surface area contributed by atoms with Gasteiger partial charge in [-0.3, -0.25) is 4.79 Å². The van der Waals surface area contributed by atoms with Gasteiger partial charge >= 0.3 is 5.97 Å². The minimum Gasteiger partial charge on any atom is -0.429 e. The average molecular weight is 279 g/mol. The van der Waals surface area contributed by atoms with E-state index in [1.807, 2.05) is 0 Å². The molecule has 0 saturated heterocycles. The lowest BCUT2D eigenvalue weighted by atomic mass is 10.2. The molecule has 0 radical (unpaired) electrons. The van der Waals surface area contributed by atoms with Gasteiger partial charge in [0.05, 0.1) is 0 Å². The van der Waals surface area contributed by atoms with Crippen LogP contribution in [0, 0.1) is 11.6 Å². The summed E-state index contributed by atoms with van der Waals surface area (Å²) in [5, 5.41) is 3.86. The standard InChI is InChI=1S/C13H11F2N3O2/c1-9(19)20-12(6-18-8-16-7-17-18)4-10-2-3-11(14)5-13(10)15/h2-5,7-8H,6H2,1H3/b12-4-. The van der Waals surface area contributed by atoms with Gasteiger partial charge in [0.2, 0.25) is 0 Å². The molecule has 0 aliphatic carbocycles. The molecule has 0 bridgehead atoms. The first kappa shape index (κ1) is 13.9. The molecule has 2 aromatic rings. The van der Waals surface area contributed by atoms with Crippen molar-refractivity contribution in [3.05, 3.63) is 53.8 Å². The largest absolute Gasteiger partial charge is 0.429 e. The van der Waals surface area contributed by atoms with Crippen LogP contribution in [0.25, 0.3) is 6.08 Å². The summed E-state index contributed by atoms with van der Waals surface area (Å²) < 4.78 is 32.8. The number of nitrogens with zero attached hydrogens (tertiary/aromatic N) is 3. The second kappa shape index (κ2) is 6.05. The lowest BCUT2D eigenvalue weighted by molar-refractivity contribution is -0.137. The van der Waals surface area contributed by atoms with Gasteiger partial charge in [0, 0.05) is 18.6 Å². The summed E-state index contributed by atoms with van der Waals surface area (Å²) in [6.45, 7) is 1.34. The molecular weight excluding hydrogens is 268 g/mol. The summed E-state index contributed by atoms with van der Waals surface area (Å²) in [7, 11) is 0. The number of allylic oxidation sites excluding steroid dienone is 1. The van der Waals surface area contributed by atoms with Gasteiger partial charge in [0.1, 0.15) is 36.6 Å². The number of esters is 1. The minimum absolute atomic E-state index is 0.108. The SMILES string of the molecule is CC(=O)O/C(=C\c1ccc(F)cc1F)Cn1cncn1. The second-order valence-corrected chi connectivity index (χ2v) is 3.96. The van der Waals surface area contributed by atoms with Crippen molar-refractivity contribution in [3.8, 4) is 0 Å². The molecule has 2 rings (SSSR count). The van der Waals surface area contributed by atoms with Crippen LogP contribution < -0.4 is 0 Å². The Kier molecular flexibility index (Phi) is 4.19. The van der Waals surface area contributed by atoms with Gasteiger partial charge in [-0.15, -0.1) is 0 Å². The molecule has 0 atom stereocenters. The Morgan fingerprint density at radius 2 is 2.25 bits per heavy atom. The number of aromatic nitrogens is 3. The van der Waals surface area contributed by atoms with Gasteiger partial charge < -0.3 is 4.74 Å². The molecule has 104 valence electrons. The topological polar surface area (TPSA) is 57.0 Å². The Morgan fingerprint density at radius 3 is 2.85 bits per heavy atom. The minimum atomic E-state index is -0.742. The maximum Gasteiger partial charge on any atom is 0.307 e. The van der Waals surface area contributed by atoms with Crippen molar-refractivity contribution in [2.45, 2.75) is 13.5 Å². The summed E-state index contributed by atoms with van der Waals surface area (Å²) in [4.78, 5) is 14.8. The average Bonchev–Trinajstić information content (AvgIpc) is 2.84.